The van der Waals surface area contributed by atoms with Gasteiger partial charge in [-0.2, -0.15) is 4.39 Å². The van der Waals surface area contributed by atoms with E-state index in [0.717, 1.165) is 25.3 Å². The van der Waals surface area contributed by atoms with E-state index in [2.05, 4.69) is 17.2 Å². The van der Waals surface area contributed by atoms with Crippen LogP contribution < -0.4 is 5.32 Å². The number of hydrogen-bond donors (Lipinski definition) is 1. The zero-order valence-electron chi connectivity index (χ0n) is 9.66. The summed E-state index contributed by atoms with van der Waals surface area (Å²) in [5.74, 6) is -0.876. The molecule has 1 aromatic heterocycles. The number of nitrogens with one attached hydrogen (secondary N) is 1. The van der Waals surface area contributed by atoms with Crippen LogP contribution in [0.3, 0.4) is 0 Å². The molecule has 4 heteroatoms. The summed E-state index contributed by atoms with van der Waals surface area (Å²) in [7, 11) is 0. The first kappa shape index (κ1) is 12.6. The van der Waals surface area contributed by atoms with Gasteiger partial charge in [0.1, 0.15) is 0 Å². The van der Waals surface area contributed by atoms with E-state index in [4.69, 9.17) is 0 Å². The number of halogens is 1. The lowest BCUT2D eigenvalue weighted by atomic mass is 10.1. The molecule has 0 saturated heterocycles. The fourth-order valence-electron chi connectivity index (χ4n) is 1.43. The zero-order chi connectivity index (χ0) is 12.0. The zero-order valence-corrected chi connectivity index (χ0v) is 9.66. The van der Waals surface area contributed by atoms with Crippen molar-refractivity contribution in [2.45, 2.75) is 39.2 Å². The number of pyridine rings is 1. The lowest BCUT2D eigenvalue weighted by molar-refractivity contribution is 0.0937. The van der Waals surface area contributed by atoms with E-state index in [1.807, 2.05) is 6.92 Å². The average Bonchev–Trinajstić information content (AvgIpc) is 2.26. The molecule has 0 aliphatic carbocycles. The third-order valence-electron chi connectivity index (χ3n) is 2.36. The Morgan fingerprint density at radius 2 is 2.38 bits per heavy atom. The number of nitrogens with zero attached hydrogens (tertiary/aromatic N) is 1. The van der Waals surface area contributed by atoms with E-state index in [1.165, 1.54) is 12.3 Å². The molecule has 16 heavy (non-hydrogen) atoms. The first-order chi connectivity index (χ1) is 7.63. The van der Waals surface area contributed by atoms with E-state index in [1.54, 1.807) is 0 Å². The molecule has 1 atom stereocenters. The second-order valence-corrected chi connectivity index (χ2v) is 3.88. The first-order valence-electron chi connectivity index (χ1n) is 5.56. The lowest BCUT2D eigenvalue weighted by Gasteiger charge is -2.13. The summed E-state index contributed by atoms with van der Waals surface area (Å²) < 4.78 is 12.8. The van der Waals surface area contributed by atoms with Crippen LogP contribution in [0.5, 0.6) is 0 Å². The Labute approximate surface area is 95.1 Å². The molecular formula is C12H17FN2O. The smallest absolute Gasteiger partial charge is 0.251 e. The molecule has 1 heterocycles. The van der Waals surface area contributed by atoms with Gasteiger partial charge in [-0.15, -0.1) is 0 Å². The average molecular weight is 224 g/mol. The van der Waals surface area contributed by atoms with Gasteiger partial charge >= 0.3 is 0 Å². The van der Waals surface area contributed by atoms with Crippen molar-refractivity contribution in [3.05, 3.63) is 29.8 Å². The number of carbonyl (C=O) groups is 1. The second-order valence-electron chi connectivity index (χ2n) is 3.88. The van der Waals surface area contributed by atoms with Crippen molar-refractivity contribution in [2.24, 2.45) is 0 Å². The van der Waals surface area contributed by atoms with Crippen molar-refractivity contribution in [1.29, 1.82) is 0 Å². The molecule has 0 spiro atoms. The van der Waals surface area contributed by atoms with Gasteiger partial charge < -0.3 is 5.32 Å². The van der Waals surface area contributed by atoms with Crippen LogP contribution >= 0.6 is 0 Å². The van der Waals surface area contributed by atoms with Crippen molar-refractivity contribution in [3.63, 3.8) is 0 Å². The summed E-state index contributed by atoms with van der Waals surface area (Å²) in [6, 6.07) is 2.76. The molecule has 1 aromatic rings. The predicted octanol–water partition coefficient (Wildman–Crippen LogP) is 2.53. The van der Waals surface area contributed by atoms with E-state index < -0.39 is 5.95 Å². The molecule has 1 N–H and O–H groups in total. The molecule has 88 valence electrons. The topological polar surface area (TPSA) is 42.0 Å². The molecule has 1 amide bonds. The largest absolute Gasteiger partial charge is 0.350 e. The molecule has 0 aliphatic rings. The summed E-state index contributed by atoms with van der Waals surface area (Å²) in [5.41, 5.74) is 0.316. The van der Waals surface area contributed by atoms with Crippen molar-refractivity contribution >= 4 is 5.91 Å². The summed E-state index contributed by atoms with van der Waals surface area (Å²) in [4.78, 5) is 15.1. The fourth-order valence-corrected chi connectivity index (χ4v) is 1.43. The Balaban J connectivity index is 2.52. The van der Waals surface area contributed by atoms with Gasteiger partial charge in [-0.3, -0.25) is 4.79 Å². The number of rotatable bonds is 5. The highest BCUT2D eigenvalue weighted by Gasteiger charge is 2.09. The van der Waals surface area contributed by atoms with Crippen molar-refractivity contribution in [2.75, 3.05) is 0 Å². The van der Waals surface area contributed by atoms with Crippen molar-refractivity contribution < 1.29 is 9.18 Å². The highest BCUT2D eigenvalue weighted by molar-refractivity contribution is 5.94. The minimum absolute atomic E-state index is 0.115. The maximum atomic E-state index is 12.8. The highest BCUT2D eigenvalue weighted by Crippen LogP contribution is 2.03. The third kappa shape index (κ3) is 3.96. The Bertz CT molecular complexity index is 355. The van der Waals surface area contributed by atoms with E-state index in [-0.39, 0.29) is 11.9 Å². The van der Waals surface area contributed by atoms with Crippen LogP contribution in [0.4, 0.5) is 4.39 Å². The summed E-state index contributed by atoms with van der Waals surface area (Å²) >= 11 is 0. The van der Waals surface area contributed by atoms with Crippen molar-refractivity contribution in [3.8, 4) is 0 Å². The number of hydrogen-bond acceptors (Lipinski definition) is 2. The maximum Gasteiger partial charge on any atom is 0.251 e. The third-order valence-corrected chi connectivity index (χ3v) is 2.36. The van der Waals surface area contributed by atoms with Crippen LogP contribution in [0.2, 0.25) is 0 Å². The van der Waals surface area contributed by atoms with Gasteiger partial charge in [0, 0.05) is 23.9 Å². The molecule has 0 aromatic carbocycles. The minimum atomic E-state index is -0.631. The maximum absolute atomic E-state index is 12.8. The Morgan fingerprint density at radius 3 is 3.00 bits per heavy atom. The van der Waals surface area contributed by atoms with Gasteiger partial charge in [-0.1, -0.05) is 19.8 Å². The molecule has 0 saturated carbocycles. The van der Waals surface area contributed by atoms with Gasteiger partial charge in [0.25, 0.3) is 5.91 Å². The van der Waals surface area contributed by atoms with Crippen LogP contribution in [0.15, 0.2) is 18.3 Å². The van der Waals surface area contributed by atoms with E-state index in [0.29, 0.717) is 5.56 Å². The quantitative estimate of drug-likeness (QED) is 0.781. The number of amides is 1. The first-order valence-corrected chi connectivity index (χ1v) is 5.56. The predicted molar refractivity (Wildman–Crippen MR) is 60.6 cm³/mol. The molecule has 0 bridgehead atoms. The van der Waals surface area contributed by atoms with Gasteiger partial charge in [0.2, 0.25) is 5.95 Å². The van der Waals surface area contributed by atoms with Gasteiger partial charge in [0.05, 0.1) is 0 Å². The molecule has 1 rings (SSSR count). The molecule has 0 aliphatic heterocycles. The van der Waals surface area contributed by atoms with Gasteiger partial charge in [-0.05, 0) is 19.4 Å². The minimum Gasteiger partial charge on any atom is -0.350 e. The van der Waals surface area contributed by atoms with E-state index >= 15 is 0 Å². The standard InChI is InChI=1S/C12H17FN2O/c1-3-4-5-9(2)15-12(16)10-6-7-14-11(13)8-10/h6-9H,3-5H2,1-2H3,(H,15,16). The molecule has 3 nitrogen and oxygen atoms in total. The lowest BCUT2D eigenvalue weighted by Crippen LogP contribution is -2.32. The normalized spacial score (nSPS) is 12.2. The molecular weight excluding hydrogens is 207 g/mol. The Kier molecular flexibility index (Phi) is 4.89. The van der Waals surface area contributed by atoms with Crippen LogP contribution in [0.1, 0.15) is 43.5 Å². The molecule has 0 fully saturated rings. The van der Waals surface area contributed by atoms with Crippen molar-refractivity contribution in [1.82, 2.24) is 10.3 Å². The monoisotopic (exact) mass is 224 g/mol. The van der Waals surface area contributed by atoms with Gasteiger partial charge in [0.15, 0.2) is 0 Å². The van der Waals surface area contributed by atoms with Crippen LogP contribution in [0.25, 0.3) is 0 Å². The molecule has 1 unspecified atom stereocenters. The van der Waals surface area contributed by atoms with Crippen LogP contribution in [-0.4, -0.2) is 16.9 Å². The summed E-state index contributed by atoms with van der Waals surface area (Å²) in [6.07, 6.45) is 4.41. The van der Waals surface area contributed by atoms with Crippen LogP contribution in [0, 0.1) is 5.95 Å². The summed E-state index contributed by atoms with van der Waals surface area (Å²) in [6.45, 7) is 4.05. The number of aromatic nitrogens is 1. The van der Waals surface area contributed by atoms with Crippen LogP contribution in [-0.2, 0) is 0 Å². The Morgan fingerprint density at radius 1 is 1.62 bits per heavy atom. The Hall–Kier alpha value is -1.45. The van der Waals surface area contributed by atoms with Gasteiger partial charge in [-0.25, -0.2) is 4.98 Å². The number of unbranched alkanes of at least 4 members (excludes halogenated alkanes) is 1. The molecule has 0 radical (unpaired) electrons. The fraction of sp³-hybridized carbons (Fsp3) is 0.500. The van der Waals surface area contributed by atoms with E-state index in [9.17, 15) is 9.18 Å². The SMILES string of the molecule is CCCCC(C)NC(=O)c1ccnc(F)c1. The second kappa shape index (κ2) is 6.20. The number of carbonyl (C=O) groups excluding carboxylic acids is 1. The highest BCUT2D eigenvalue weighted by atomic mass is 19.1. The summed E-state index contributed by atoms with van der Waals surface area (Å²) in [5, 5.41) is 2.82.